The van der Waals surface area contributed by atoms with Gasteiger partial charge in [-0.05, 0) is 79.4 Å². The van der Waals surface area contributed by atoms with Crippen LogP contribution in [0.25, 0.3) is 0 Å². The summed E-state index contributed by atoms with van der Waals surface area (Å²) < 4.78 is 11.0. The van der Waals surface area contributed by atoms with Crippen LogP contribution in [-0.4, -0.2) is 11.1 Å². The van der Waals surface area contributed by atoms with Gasteiger partial charge in [-0.3, -0.25) is 4.79 Å². The van der Waals surface area contributed by atoms with Crippen LogP contribution in [0.4, 0.5) is 0 Å². The van der Waals surface area contributed by atoms with E-state index in [2.05, 4.69) is 10.5 Å². The van der Waals surface area contributed by atoms with E-state index in [0.29, 0.717) is 22.4 Å². The summed E-state index contributed by atoms with van der Waals surface area (Å²) >= 11 is 12.2. The number of hydrogen-bond donors (Lipinski definition) is 1. The summed E-state index contributed by atoms with van der Waals surface area (Å²) in [5.74, 6) is 1.37. The molecule has 0 saturated carbocycles. The van der Waals surface area contributed by atoms with Crippen molar-refractivity contribution in [1.29, 1.82) is 0 Å². The van der Waals surface area contributed by atoms with Crippen molar-refractivity contribution in [3.8, 4) is 5.75 Å². The molecule has 1 aromatic heterocycles. The SMILES string of the molecule is Cc1cc(Cl)ccc1[C@@H](NC(=O)Cc1ccc(OCc2c(C)noc2C)cc1)c1ccc(Cl)cc1. The first-order chi connectivity index (χ1) is 16.8. The number of ether oxygens (including phenoxy) is 1. The summed E-state index contributed by atoms with van der Waals surface area (Å²) in [6.45, 7) is 6.12. The maximum Gasteiger partial charge on any atom is 0.225 e. The quantitative estimate of drug-likeness (QED) is 0.280. The van der Waals surface area contributed by atoms with Crippen molar-refractivity contribution in [3.05, 3.63) is 116 Å². The number of nitrogens with one attached hydrogen (secondary N) is 1. The summed E-state index contributed by atoms with van der Waals surface area (Å²) in [6.07, 6.45) is 0.237. The van der Waals surface area contributed by atoms with Gasteiger partial charge in [0, 0.05) is 10.0 Å². The van der Waals surface area contributed by atoms with E-state index in [4.69, 9.17) is 32.5 Å². The van der Waals surface area contributed by atoms with Crippen molar-refractivity contribution in [2.75, 3.05) is 0 Å². The smallest absolute Gasteiger partial charge is 0.225 e. The van der Waals surface area contributed by atoms with Crippen LogP contribution in [0.1, 0.15) is 45.3 Å². The lowest BCUT2D eigenvalue weighted by Gasteiger charge is -2.22. The Morgan fingerprint density at radius 2 is 1.66 bits per heavy atom. The zero-order chi connectivity index (χ0) is 24.9. The predicted octanol–water partition coefficient (Wildman–Crippen LogP) is 6.93. The van der Waals surface area contributed by atoms with Crippen molar-refractivity contribution in [2.45, 2.75) is 39.8 Å². The number of hydrogen-bond acceptors (Lipinski definition) is 4. The van der Waals surface area contributed by atoms with Crippen LogP contribution >= 0.6 is 23.2 Å². The molecule has 0 radical (unpaired) electrons. The molecule has 1 N–H and O–H groups in total. The Bertz CT molecular complexity index is 1300. The third kappa shape index (κ3) is 6.24. The van der Waals surface area contributed by atoms with E-state index in [1.54, 1.807) is 0 Å². The fourth-order valence-electron chi connectivity index (χ4n) is 3.92. The molecule has 180 valence electrons. The minimum absolute atomic E-state index is 0.0938. The Labute approximate surface area is 215 Å². The first-order valence-corrected chi connectivity index (χ1v) is 12.0. The first kappa shape index (κ1) is 24.8. The van der Waals surface area contributed by atoms with E-state index >= 15 is 0 Å². The highest BCUT2D eigenvalue weighted by Crippen LogP contribution is 2.28. The second-order valence-electron chi connectivity index (χ2n) is 8.47. The van der Waals surface area contributed by atoms with Crippen LogP contribution in [-0.2, 0) is 17.8 Å². The van der Waals surface area contributed by atoms with Gasteiger partial charge in [-0.25, -0.2) is 0 Å². The maximum absolute atomic E-state index is 13.0. The van der Waals surface area contributed by atoms with Crippen molar-refractivity contribution in [1.82, 2.24) is 10.5 Å². The number of carbonyl (C=O) groups is 1. The van der Waals surface area contributed by atoms with Gasteiger partial charge < -0.3 is 14.6 Å². The van der Waals surface area contributed by atoms with Gasteiger partial charge in [-0.1, -0.05) is 58.7 Å². The third-order valence-corrected chi connectivity index (χ3v) is 6.39. The summed E-state index contributed by atoms with van der Waals surface area (Å²) in [4.78, 5) is 13.0. The molecule has 4 rings (SSSR count). The van der Waals surface area contributed by atoms with Gasteiger partial charge in [0.15, 0.2) is 0 Å². The lowest BCUT2D eigenvalue weighted by atomic mass is 9.94. The second kappa shape index (κ2) is 11.0. The minimum atomic E-state index is -0.324. The number of aryl methyl sites for hydroxylation is 3. The Morgan fingerprint density at radius 3 is 2.29 bits per heavy atom. The molecule has 0 aliphatic heterocycles. The van der Waals surface area contributed by atoms with Crippen LogP contribution in [0.3, 0.4) is 0 Å². The molecule has 5 nitrogen and oxygen atoms in total. The molecular formula is C28H26Cl2N2O3. The fourth-order valence-corrected chi connectivity index (χ4v) is 4.28. The summed E-state index contributed by atoms with van der Waals surface area (Å²) in [6, 6.07) is 20.4. The van der Waals surface area contributed by atoms with Crippen molar-refractivity contribution in [2.24, 2.45) is 0 Å². The maximum atomic E-state index is 13.0. The predicted molar refractivity (Wildman–Crippen MR) is 138 cm³/mol. The van der Waals surface area contributed by atoms with Crippen molar-refractivity contribution in [3.63, 3.8) is 0 Å². The van der Waals surface area contributed by atoms with Crippen LogP contribution in [0.15, 0.2) is 71.3 Å². The molecule has 0 aliphatic carbocycles. The highest BCUT2D eigenvalue weighted by molar-refractivity contribution is 6.30. The largest absolute Gasteiger partial charge is 0.489 e. The third-order valence-electron chi connectivity index (χ3n) is 5.90. The molecule has 1 amide bonds. The highest BCUT2D eigenvalue weighted by atomic mass is 35.5. The van der Waals surface area contributed by atoms with Crippen LogP contribution in [0, 0.1) is 20.8 Å². The van der Waals surface area contributed by atoms with Crippen molar-refractivity contribution < 1.29 is 14.1 Å². The minimum Gasteiger partial charge on any atom is -0.489 e. The molecule has 1 heterocycles. The van der Waals surface area contributed by atoms with E-state index in [1.165, 1.54) is 0 Å². The van der Waals surface area contributed by atoms with E-state index in [9.17, 15) is 4.79 Å². The number of benzene rings is 3. The normalized spacial score (nSPS) is 11.8. The Balaban J connectivity index is 1.45. The summed E-state index contributed by atoms with van der Waals surface area (Å²) in [5.41, 5.74) is 5.57. The Kier molecular flexibility index (Phi) is 7.79. The van der Waals surface area contributed by atoms with E-state index in [0.717, 1.165) is 39.3 Å². The van der Waals surface area contributed by atoms with Crippen LogP contribution in [0.5, 0.6) is 5.75 Å². The number of nitrogens with zero attached hydrogens (tertiary/aromatic N) is 1. The molecule has 35 heavy (non-hydrogen) atoms. The average Bonchev–Trinajstić information content (AvgIpc) is 3.15. The summed E-state index contributed by atoms with van der Waals surface area (Å²) in [7, 11) is 0. The van der Waals surface area contributed by atoms with Gasteiger partial charge in [-0.2, -0.15) is 0 Å². The summed E-state index contributed by atoms with van der Waals surface area (Å²) in [5, 5.41) is 8.42. The molecular weight excluding hydrogens is 483 g/mol. The lowest BCUT2D eigenvalue weighted by molar-refractivity contribution is -0.120. The van der Waals surface area contributed by atoms with E-state index < -0.39 is 0 Å². The number of aromatic nitrogens is 1. The molecule has 0 aliphatic rings. The molecule has 0 spiro atoms. The number of halogens is 2. The lowest BCUT2D eigenvalue weighted by Crippen LogP contribution is -2.31. The fraction of sp³-hybridized carbons (Fsp3) is 0.214. The van der Waals surface area contributed by atoms with Gasteiger partial charge in [0.05, 0.1) is 23.7 Å². The topological polar surface area (TPSA) is 64.4 Å². The van der Waals surface area contributed by atoms with E-state index in [1.807, 2.05) is 87.5 Å². The van der Waals surface area contributed by atoms with Gasteiger partial charge in [0.25, 0.3) is 0 Å². The first-order valence-electron chi connectivity index (χ1n) is 11.2. The zero-order valence-corrected chi connectivity index (χ0v) is 21.3. The average molecular weight is 509 g/mol. The van der Waals surface area contributed by atoms with Gasteiger partial charge >= 0.3 is 0 Å². The molecule has 3 aromatic carbocycles. The molecule has 4 aromatic rings. The molecule has 0 unspecified atom stereocenters. The monoisotopic (exact) mass is 508 g/mol. The van der Waals surface area contributed by atoms with Crippen LogP contribution < -0.4 is 10.1 Å². The van der Waals surface area contributed by atoms with Gasteiger partial charge in [0.1, 0.15) is 18.1 Å². The number of rotatable bonds is 8. The van der Waals surface area contributed by atoms with E-state index in [-0.39, 0.29) is 18.4 Å². The Morgan fingerprint density at radius 1 is 0.971 bits per heavy atom. The number of carbonyl (C=O) groups excluding carboxylic acids is 1. The molecule has 0 saturated heterocycles. The van der Waals surface area contributed by atoms with Gasteiger partial charge in [-0.15, -0.1) is 0 Å². The molecule has 0 fully saturated rings. The number of amides is 1. The zero-order valence-electron chi connectivity index (χ0n) is 19.8. The van der Waals surface area contributed by atoms with Gasteiger partial charge in [0.2, 0.25) is 5.91 Å². The Hall–Kier alpha value is -3.28. The van der Waals surface area contributed by atoms with Crippen LogP contribution in [0.2, 0.25) is 10.0 Å². The standard InChI is InChI=1S/C28H26Cl2N2O3/c1-17-14-23(30)10-13-25(17)28(21-6-8-22(29)9-7-21)31-27(33)15-20-4-11-24(12-5-20)34-16-26-18(2)32-35-19(26)3/h4-14,28H,15-16H2,1-3H3,(H,31,33)/t28-/m0/s1. The molecule has 7 heteroatoms. The van der Waals surface area contributed by atoms with Crippen molar-refractivity contribution >= 4 is 29.1 Å². The molecule has 0 bridgehead atoms. The second-order valence-corrected chi connectivity index (χ2v) is 9.34. The molecule has 1 atom stereocenters. The highest BCUT2D eigenvalue weighted by Gasteiger charge is 2.19.